The fraction of sp³-hybridized carbons (Fsp3) is 0.182. The van der Waals surface area contributed by atoms with E-state index in [2.05, 4.69) is 10.1 Å². The number of hydrogen-bond donors (Lipinski definition) is 1. The first kappa shape index (κ1) is 27.3. The number of carbonyl (C=O) groups excluding carboxylic acids is 2. The van der Waals surface area contributed by atoms with Crippen molar-refractivity contribution in [3.63, 3.8) is 0 Å². The van der Waals surface area contributed by atoms with Gasteiger partial charge in [0, 0.05) is 5.69 Å². The molecule has 0 radical (unpaired) electrons. The molecule has 0 saturated carbocycles. The van der Waals surface area contributed by atoms with Crippen molar-refractivity contribution < 1.29 is 37.2 Å². The van der Waals surface area contributed by atoms with Crippen molar-refractivity contribution in [2.45, 2.75) is 16.2 Å². The van der Waals surface area contributed by atoms with Crippen molar-refractivity contribution in [1.29, 1.82) is 0 Å². The summed E-state index contributed by atoms with van der Waals surface area (Å²) in [6.07, 6.45) is -3.23. The molecule has 0 bridgehead atoms. The number of para-hydroxylation sites is 1. The third-order valence-corrected chi connectivity index (χ3v) is 5.99. The number of esters is 1. The highest BCUT2D eigenvalue weighted by Crippen LogP contribution is 2.45. The van der Waals surface area contributed by atoms with Crippen LogP contribution >= 0.6 is 34.8 Å². The van der Waals surface area contributed by atoms with Crippen LogP contribution in [0, 0.1) is 10.1 Å². The van der Waals surface area contributed by atoms with Crippen molar-refractivity contribution in [2.24, 2.45) is 0 Å². The Balaban J connectivity index is 2.13. The Kier molecular flexibility index (Phi) is 7.58. The molecule has 0 aromatic heterocycles. The van der Waals surface area contributed by atoms with E-state index in [0.29, 0.717) is 18.2 Å². The third-order valence-electron chi connectivity index (χ3n) is 4.85. The first-order chi connectivity index (χ1) is 16.7. The second-order valence-electron chi connectivity index (χ2n) is 7.25. The highest BCUT2D eigenvalue weighted by atomic mass is 35.5. The van der Waals surface area contributed by atoms with Gasteiger partial charge in [0.2, 0.25) is 5.06 Å². The summed E-state index contributed by atoms with van der Waals surface area (Å²) in [5.74, 6) is -2.82. The number of amides is 1. The van der Waals surface area contributed by atoms with Crippen LogP contribution in [0.3, 0.4) is 0 Å². The Morgan fingerprint density at radius 2 is 1.67 bits per heavy atom. The van der Waals surface area contributed by atoms with Gasteiger partial charge in [0.15, 0.2) is 0 Å². The number of nitrogens with zero attached hydrogens (tertiary/aromatic N) is 1. The first-order valence-corrected chi connectivity index (χ1v) is 10.8. The standard InChI is InChI=1S/C22H14Cl3F3N2O6/c1-35-19(32)15-11-20(24,36-17-8-7-12(9-16(17)23)22(26,27)28)10-14(21(15,25)30(33)34)18(31)29-13-5-3-2-4-6-13/h2-11H,1H3,(H,29,31). The zero-order chi connectivity index (χ0) is 26.9. The molecule has 0 heterocycles. The smallest absolute Gasteiger partial charge is 0.416 e. The Labute approximate surface area is 216 Å². The van der Waals surface area contributed by atoms with Crippen molar-refractivity contribution in [3.05, 3.63) is 92.5 Å². The number of ether oxygens (including phenoxy) is 2. The summed E-state index contributed by atoms with van der Waals surface area (Å²) in [5.41, 5.74) is -2.55. The summed E-state index contributed by atoms with van der Waals surface area (Å²) in [6, 6.07) is 9.85. The quantitative estimate of drug-likeness (QED) is 0.162. The highest BCUT2D eigenvalue weighted by Gasteiger charge is 2.59. The number of nitrogens with one attached hydrogen (secondary N) is 1. The van der Waals surface area contributed by atoms with Crippen LogP contribution in [0.1, 0.15) is 5.56 Å². The van der Waals surface area contributed by atoms with Gasteiger partial charge in [-0.3, -0.25) is 14.9 Å². The van der Waals surface area contributed by atoms with E-state index in [0.717, 1.165) is 19.3 Å². The maximum atomic E-state index is 13.1. The molecule has 0 spiro atoms. The molecule has 2 aromatic rings. The predicted molar refractivity (Wildman–Crippen MR) is 124 cm³/mol. The van der Waals surface area contributed by atoms with Crippen LogP contribution in [0.4, 0.5) is 18.9 Å². The lowest BCUT2D eigenvalue weighted by Crippen LogP contribution is -2.49. The first-order valence-electron chi connectivity index (χ1n) is 9.70. The van der Waals surface area contributed by atoms with Crippen molar-refractivity contribution >= 4 is 52.4 Å². The molecule has 0 fully saturated rings. The zero-order valence-electron chi connectivity index (χ0n) is 17.9. The maximum Gasteiger partial charge on any atom is 0.416 e. The Bertz CT molecular complexity index is 1290. The third kappa shape index (κ3) is 5.43. The molecule has 1 amide bonds. The topological polar surface area (TPSA) is 108 Å². The summed E-state index contributed by atoms with van der Waals surface area (Å²) >= 11 is 18.6. The molecular formula is C22H14Cl3F3N2O6. The van der Waals surface area contributed by atoms with Gasteiger partial charge in [-0.25, -0.2) is 4.79 Å². The van der Waals surface area contributed by atoms with E-state index in [9.17, 15) is 32.9 Å². The highest BCUT2D eigenvalue weighted by molar-refractivity contribution is 6.36. The SMILES string of the molecule is COC(=O)C1=CC(Cl)(Oc2ccc(C(F)(F)F)cc2Cl)C=C(C(=O)Nc2ccccc2)C1(Cl)[N+](=O)[O-]. The predicted octanol–water partition coefficient (Wildman–Crippen LogP) is 5.56. The molecule has 1 aliphatic rings. The van der Waals surface area contributed by atoms with E-state index in [4.69, 9.17) is 39.5 Å². The minimum Gasteiger partial charge on any atom is -0.465 e. The van der Waals surface area contributed by atoms with Gasteiger partial charge in [-0.1, -0.05) is 41.4 Å². The molecule has 3 rings (SSSR count). The van der Waals surface area contributed by atoms with Gasteiger partial charge in [0.05, 0.1) is 22.6 Å². The average molecular weight is 566 g/mol. The van der Waals surface area contributed by atoms with Crippen LogP contribution in [0.25, 0.3) is 0 Å². The molecule has 2 atom stereocenters. The van der Waals surface area contributed by atoms with E-state index >= 15 is 0 Å². The van der Waals surface area contributed by atoms with Gasteiger partial charge >= 0.3 is 17.1 Å². The van der Waals surface area contributed by atoms with Crippen LogP contribution in [-0.2, 0) is 20.5 Å². The fourth-order valence-electron chi connectivity index (χ4n) is 3.20. The minimum absolute atomic E-state index is 0.229. The number of nitro groups is 1. The van der Waals surface area contributed by atoms with Crippen LogP contribution < -0.4 is 10.1 Å². The van der Waals surface area contributed by atoms with Crippen molar-refractivity contribution in [2.75, 3.05) is 12.4 Å². The van der Waals surface area contributed by atoms with E-state index in [1.165, 1.54) is 12.1 Å². The van der Waals surface area contributed by atoms with Gasteiger partial charge in [-0.2, -0.15) is 13.2 Å². The average Bonchev–Trinajstić information content (AvgIpc) is 2.81. The van der Waals surface area contributed by atoms with E-state index in [-0.39, 0.29) is 11.4 Å². The summed E-state index contributed by atoms with van der Waals surface area (Å²) in [4.78, 5) is 33.5. The normalized spacial score (nSPS) is 21.6. The summed E-state index contributed by atoms with van der Waals surface area (Å²) in [6.45, 7) is 0. The number of carbonyl (C=O) groups is 2. The monoisotopic (exact) mass is 564 g/mol. The number of methoxy groups -OCH3 is 1. The van der Waals surface area contributed by atoms with Gasteiger partial charge in [-0.05, 0) is 54.1 Å². The molecule has 8 nitrogen and oxygen atoms in total. The minimum atomic E-state index is -4.70. The number of anilines is 1. The largest absolute Gasteiger partial charge is 0.465 e. The molecule has 36 heavy (non-hydrogen) atoms. The fourth-order valence-corrected chi connectivity index (χ4v) is 3.99. The number of hydrogen-bond acceptors (Lipinski definition) is 6. The second kappa shape index (κ2) is 10.00. The lowest BCUT2D eigenvalue weighted by atomic mass is 9.89. The molecule has 2 aromatic carbocycles. The van der Waals surface area contributed by atoms with E-state index in [1.807, 2.05) is 0 Å². The van der Waals surface area contributed by atoms with Crippen molar-refractivity contribution in [1.82, 2.24) is 0 Å². The lowest BCUT2D eigenvalue weighted by Gasteiger charge is -2.32. The zero-order valence-corrected chi connectivity index (χ0v) is 20.2. The Morgan fingerprint density at radius 3 is 2.19 bits per heavy atom. The van der Waals surface area contributed by atoms with E-state index < -0.39 is 54.8 Å². The molecule has 14 heteroatoms. The molecule has 1 N–H and O–H groups in total. The Morgan fingerprint density at radius 1 is 1.06 bits per heavy atom. The molecular weight excluding hydrogens is 552 g/mol. The number of halogens is 6. The van der Waals surface area contributed by atoms with Gasteiger partial charge in [0.1, 0.15) is 16.9 Å². The summed E-state index contributed by atoms with van der Waals surface area (Å²) in [7, 11) is 0.909. The molecule has 190 valence electrons. The van der Waals surface area contributed by atoms with Crippen molar-refractivity contribution in [3.8, 4) is 5.75 Å². The van der Waals surface area contributed by atoms with E-state index in [1.54, 1.807) is 18.2 Å². The van der Waals surface area contributed by atoms with Crippen LogP contribution in [0.5, 0.6) is 5.75 Å². The van der Waals surface area contributed by atoms with Gasteiger partial charge in [0.25, 0.3) is 5.91 Å². The number of alkyl halides is 5. The number of rotatable bonds is 6. The summed E-state index contributed by atoms with van der Waals surface area (Å²) in [5, 5.41) is 11.6. The summed E-state index contributed by atoms with van der Waals surface area (Å²) < 4.78 is 49.0. The number of benzene rings is 2. The van der Waals surface area contributed by atoms with Gasteiger partial charge < -0.3 is 14.8 Å². The molecule has 0 aliphatic heterocycles. The maximum absolute atomic E-state index is 13.1. The van der Waals surface area contributed by atoms with Crippen LogP contribution in [0.2, 0.25) is 5.02 Å². The van der Waals surface area contributed by atoms with Crippen LogP contribution in [0.15, 0.2) is 71.8 Å². The molecule has 0 saturated heterocycles. The van der Waals surface area contributed by atoms with Gasteiger partial charge in [-0.15, -0.1) is 0 Å². The molecule has 1 aliphatic carbocycles. The lowest BCUT2D eigenvalue weighted by molar-refractivity contribution is -0.518. The Hall–Kier alpha value is -3.28. The van der Waals surface area contributed by atoms with Crippen LogP contribution in [-0.4, -0.2) is 34.0 Å². The molecule has 2 unspecified atom stereocenters. The second-order valence-corrected chi connectivity index (χ2v) is 8.79.